The molecule has 2 heteroatoms. The molecule has 0 aliphatic carbocycles. The van der Waals surface area contributed by atoms with Gasteiger partial charge in [0.1, 0.15) is 5.75 Å². The number of rotatable bonds is 2. The lowest BCUT2D eigenvalue weighted by atomic mass is 10.2. The Hall–Kier alpha value is -0.890. The Labute approximate surface area is 72.0 Å². The van der Waals surface area contributed by atoms with E-state index in [0.717, 1.165) is 16.2 Å². The molecule has 1 aromatic carbocycles. The molecule has 0 N–H and O–H groups in total. The average molecular weight is 166 g/mol. The van der Waals surface area contributed by atoms with Gasteiger partial charge in [0.2, 0.25) is 0 Å². The molecule has 0 aliphatic heterocycles. The first-order valence-electron chi connectivity index (χ1n) is 3.39. The third-order valence-corrected chi connectivity index (χ3v) is 1.73. The van der Waals surface area contributed by atoms with Crippen LogP contribution in [0, 0.1) is 0 Å². The molecule has 0 saturated heterocycles. The first kappa shape index (κ1) is 8.21. The highest BCUT2D eigenvalue weighted by Gasteiger charge is 1.94. The van der Waals surface area contributed by atoms with Crippen molar-refractivity contribution >= 4 is 17.1 Å². The van der Waals surface area contributed by atoms with E-state index in [-0.39, 0.29) is 0 Å². The minimum atomic E-state index is 0.866. The van der Waals surface area contributed by atoms with Crippen molar-refractivity contribution in [1.82, 2.24) is 0 Å². The lowest BCUT2D eigenvalue weighted by Gasteiger charge is -2.00. The number of methoxy groups -OCH3 is 1. The molecular weight excluding hydrogens is 156 g/mol. The minimum Gasteiger partial charge on any atom is -0.497 e. The molecule has 1 aromatic rings. The van der Waals surface area contributed by atoms with E-state index < -0.39 is 0 Å². The van der Waals surface area contributed by atoms with E-state index >= 15 is 0 Å². The highest BCUT2D eigenvalue weighted by atomic mass is 32.1. The molecule has 0 spiro atoms. The summed E-state index contributed by atoms with van der Waals surface area (Å²) in [6.07, 6.45) is 0. The molecule has 11 heavy (non-hydrogen) atoms. The Morgan fingerprint density at radius 1 is 1.27 bits per heavy atom. The first-order chi connectivity index (χ1) is 5.24. The van der Waals surface area contributed by atoms with Gasteiger partial charge in [-0.25, -0.2) is 0 Å². The Morgan fingerprint density at radius 2 is 1.82 bits per heavy atom. The highest BCUT2D eigenvalue weighted by Crippen LogP contribution is 2.11. The van der Waals surface area contributed by atoms with E-state index in [4.69, 9.17) is 17.0 Å². The first-order valence-corrected chi connectivity index (χ1v) is 3.80. The van der Waals surface area contributed by atoms with Gasteiger partial charge in [0.15, 0.2) is 0 Å². The summed E-state index contributed by atoms with van der Waals surface area (Å²) >= 11 is 5.00. The predicted molar refractivity (Wildman–Crippen MR) is 50.4 cm³/mol. The van der Waals surface area contributed by atoms with E-state index in [9.17, 15) is 0 Å². The van der Waals surface area contributed by atoms with Crippen LogP contribution in [0.2, 0.25) is 0 Å². The maximum atomic E-state index is 5.01. The van der Waals surface area contributed by atoms with Crippen LogP contribution in [0.1, 0.15) is 12.5 Å². The molecule has 1 rings (SSSR count). The minimum absolute atomic E-state index is 0.866. The van der Waals surface area contributed by atoms with Crippen LogP contribution in [0.15, 0.2) is 24.3 Å². The second-order valence-electron chi connectivity index (χ2n) is 2.28. The largest absolute Gasteiger partial charge is 0.497 e. The third kappa shape index (κ3) is 2.02. The van der Waals surface area contributed by atoms with Crippen molar-refractivity contribution in [1.29, 1.82) is 0 Å². The lowest BCUT2D eigenvalue weighted by molar-refractivity contribution is 0.415. The van der Waals surface area contributed by atoms with Crippen molar-refractivity contribution in [3.05, 3.63) is 29.8 Å². The molecule has 0 radical (unpaired) electrons. The summed E-state index contributed by atoms with van der Waals surface area (Å²) in [4.78, 5) is 0.910. The summed E-state index contributed by atoms with van der Waals surface area (Å²) in [6, 6.07) is 7.73. The molecule has 0 fully saturated rings. The van der Waals surface area contributed by atoms with Gasteiger partial charge in [-0.3, -0.25) is 0 Å². The Balaban J connectivity index is 2.91. The predicted octanol–water partition coefficient (Wildman–Crippen LogP) is 2.43. The van der Waals surface area contributed by atoms with E-state index in [1.807, 2.05) is 31.2 Å². The normalized spacial score (nSPS) is 9.27. The molecule has 0 aromatic heterocycles. The molecule has 0 aliphatic rings. The topological polar surface area (TPSA) is 9.23 Å². The van der Waals surface area contributed by atoms with Crippen molar-refractivity contribution in [2.24, 2.45) is 0 Å². The molecule has 0 amide bonds. The van der Waals surface area contributed by atoms with Crippen molar-refractivity contribution in [3.8, 4) is 5.75 Å². The fraction of sp³-hybridized carbons (Fsp3) is 0.222. The van der Waals surface area contributed by atoms with Gasteiger partial charge in [0, 0.05) is 4.86 Å². The van der Waals surface area contributed by atoms with Crippen LogP contribution >= 0.6 is 12.2 Å². The maximum absolute atomic E-state index is 5.01. The third-order valence-electron chi connectivity index (χ3n) is 1.50. The summed E-state index contributed by atoms with van der Waals surface area (Å²) in [5.41, 5.74) is 1.08. The van der Waals surface area contributed by atoms with Crippen LogP contribution in [-0.2, 0) is 0 Å². The van der Waals surface area contributed by atoms with Gasteiger partial charge in [-0.05, 0) is 24.6 Å². The van der Waals surface area contributed by atoms with Crippen molar-refractivity contribution < 1.29 is 4.74 Å². The highest BCUT2D eigenvalue weighted by molar-refractivity contribution is 7.80. The van der Waals surface area contributed by atoms with Crippen LogP contribution < -0.4 is 4.74 Å². The van der Waals surface area contributed by atoms with Crippen molar-refractivity contribution in [2.45, 2.75) is 6.92 Å². The van der Waals surface area contributed by atoms with Gasteiger partial charge >= 0.3 is 0 Å². The second-order valence-corrected chi connectivity index (χ2v) is 2.90. The Kier molecular flexibility index (Phi) is 2.60. The quantitative estimate of drug-likeness (QED) is 0.493. The van der Waals surface area contributed by atoms with Gasteiger partial charge in [0.25, 0.3) is 0 Å². The summed E-state index contributed by atoms with van der Waals surface area (Å²) in [6.45, 7) is 1.91. The summed E-state index contributed by atoms with van der Waals surface area (Å²) < 4.78 is 5.01. The number of benzene rings is 1. The molecule has 0 unspecified atom stereocenters. The smallest absolute Gasteiger partial charge is 0.118 e. The summed E-state index contributed by atoms with van der Waals surface area (Å²) in [5, 5.41) is 0. The van der Waals surface area contributed by atoms with Crippen LogP contribution in [-0.4, -0.2) is 12.0 Å². The van der Waals surface area contributed by atoms with E-state index in [1.165, 1.54) is 0 Å². The number of hydrogen-bond acceptors (Lipinski definition) is 2. The zero-order valence-corrected chi connectivity index (χ0v) is 7.44. The zero-order chi connectivity index (χ0) is 8.27. The second kappa shape index (κ2) is 3.49. The van der Waals surface area contributed by atoms with Gasteiger partial charge in [-0.1, -0.05) is 24.4 Å². The zero-order valence-electron chi connectivity index (χ0n) is 6.63. The molecule has 0 atom stereocenters. The maximum Gasteiger partial charge on any atom is 0.118 e. The van der Waals surface area contributed by atoms with E-state index in [1.54, 1.807) is 7.11 Å². The van der Waals surface area contributed by atoms with Gasteiger partial charge < -0.3 is 4.74 Å². The lowest BCUT2D eigenvalue weighted by Crippen LogP contribution is -1.89. The average Bonchev–Trinajstić information content (AvgIpc) is 2.05. The van der Waals surface area contributed by atoms with Crippen molar-refractivity contribution in [3.63, 3.8) is 0 Å². The molecule has 0 saturated carbocycles. The standard InChI is InChI=1S/C9H10OS/c1-7(11)8-3-5-9(10-2)6-4-8/h3-6H,1-2H3. The van der Waals surface area contributed by atoms with Crippen LogP contribution in [0.4, 0.5) is 0 Å². The Bertz CT molecular complexity index is 251. The van der Waals surface area contributed by atoms with E-state index in [0.29, 0.717) is 0 Å². The molecule has 0 heterocycles. The molecular formula is C9H10OS. The molecule has 0 bridgehead atoms. The number of ether oxygens (including phenoxy) is 1. The van der Waals surface area contributed by atoms with Crippen LogP contribution in [0.25, 0.3) is 0 Å². The fourth-order valence-corrected chi connectivity index (χ4v) is 0.962. The number of thiocarbonyl (C=S) groups is 1. The number of hydrogen-bond donors (Lipinski definition) is 0. The van der Waals surface area contributed by atoms with Crippen LogP contribution in [0.3, 0.4) is 0 Å². The molecule has 58 valence electrons. The fourth-order valence-electron chi connectivity index (χ4n) is 0.826. The van der Waals surface area contributed by atoms with Gasteiger partial charge in [-0.15, -0.1) is 0 Å². The van der Waals surface area contributed by atoms with Gasteiger partial charge in [-0.2, -0.15) is 0 Å². The SMILES string of the molecule is COc1ccc(C(C)=S)cc1. The van der Waals surface area contributed by atoms with Crippen molar-refractivity contribution in [2.75, 3.05) is 7.11 Å². The summed E-state index contributed by atoms with van der Waals surface area (Å²) in [5.74, 6) is 0.866. The molecule has 1 nitrogen and oxygen atoms in total. The van der Waals surface area contributed by atoms with Gasteiger partial charge in [0.05, 0.1) is 7.11 Å². The summed E-state index contributed by atoms with van der Waals surface area (Å²) in [7, 11) is 1.65. The van der Waals surface area contributed by atoms with Crippen LogP contribution in [0.5, 0.6) is 5.75 Å². The van der Waals surface area contributed by atoms with E-state index in [2.05, 4.69) is 0 Å². The monoisotopic (exact) mass is 166 g/mol. The Morgan fingerprint density at radius 3 is 2.18 bits per heavy atom.